The number of fused-ring (bicyclic) bond motifs is 4. The molecule has 2 amide bonds. The molecule has 4 heterocycles. The van der Waals surface area contributed by atoms with E-state index in [0.29, 0.717) is 45.5 Å². The molecule has 7 rings (SSSR count). The van der Waals surface area contributed by atoms with Gasteiger partial charge in [0.05, 0.1) is 48.8 Å². The Labute approximate surface area is 273 Å². The highest BCUT2D eigenvalue weighted by Crippen LogP contribution is 2.40. The molecule has 0 bridgehead atoms. The number of carbonyl (C=O) groups excluding carboxylic acids is 2. The number of aliphatic imine (C=N–C) groups is 2. The quantitative estimate of drug-likeness (QED) is 0.270. The highest BCUT2D eigenvalue weighted by atomic mass is 16.5. The highest BCUT2D eigenvalue weighted by Gasteiger charge is 2.33. The van der Waals surface area contributed by atoms with Crippen LogP contribution in [0.3, 0.4) is 0 Å². The Bertz CT molecular complexity index is 1790. The van der Waals surface area contributed by atoms with Gasteiger partial charge in [-0.15, -0.1) is 0 Å². The first-order chi connectivity index (χ1) is 22.7. The molecule has 240 valence electrons. The van der Waals surface area contributed by atoms with Crippen LogP contribution in [0.5, 0.6) is 23.0 Å². The van der Waals surface area contributed by atoms with Crippen molar-refractivity contribution in [2.45, 2.75) is 58.9 Å². The summed E-state index contributed by atoms with van der Waals surface area (Å²) in [6.07, 6.45) is 8.97. The van der Waals surface area contributed by atoms with E-state index in [1.54, 1.807) is 48.3 Å². The zero-order chi connectivity index (χ0) is 32.8. The number of carbonyl (C=O) groups is 2. The molecule has 0 radical (unpaired) electrons. The van der Waals surface area contributed by atoms with Gasteiger partial charge in [0.2, 0.25) is 0 Å². The predicted molar refractivity (Wildman–Crippen MR) is 179 cm³/mol. The van der Waals surface area contributed by atoms with E-state index in [2.05, 4.69) is 22.1 Å². The van der Waals surface area contributed by atoms with Crippen molar-refractivity contribution in [1.29, 1.82) is 0 Å². The minimum atomic E-state index is -0.107. The molecular weight excluding hydrogens is 596 g/mol. The third kappa shape index (κ3) is 5.75. The normalized spacial score (nSPS) is 19.3. The standard InChI is InChI=1S/C37H36N4O6/c1-21-6-24(19-46-34-13-30-28(11-32(34)44-4)36(42)40-17-22(2)8-26(40)15-38-30)10-25(7-21)20-47-35-14-31-29(12-33(35)45-5)37(43)41-18-23(3)9-27(41)16-39-31/h6-7,10-18,26-27H,8-9,19-20H2,1-5H3. The summed E-state index contributed by atoms with van der Waals surface area (Å²) >= 11 is 0. The number of benzene rings is 3. The van der Waals surface area contributed by atoms with Crippen LogP contribution in [0.25, 0.3) is 0 Å². The van der Waals surface area contributed by atoms with Crippen molar-refractivity contribution >= 4 is 35.6 Å². The lowest BCUT2D eigenvalue weighted by Crippen LogP contribution is -2.32. The van der Waals surface area contributed by atoms with Crippen LogP contribution in [0.4, 0.5) is 11.4 Å². The Hall–Kier alpha value is -5.38. The molecule has 0 spiro atoms. The number of hydrogen-bond donors (Lipinski definition) is 0. The Kier molecular flexibility index (Phi) is 7.79. The topological polar surface area (TPSA) is 102 Å². The molecule has 0 aromatic heterocycles. The van der Waals surface area contributed by atoms with Gasteiger partial charge in [-0.3, -0.25) is 19.6 Å². The van der Waals surface area contributed by atoms with Crippen molar-refractivity contribution in [2.75, 3.05) is 14.2 Å². The third-order valence-electron chi connectivity index (χ3n) is 8.75. The fourth-order valence-electron chi connectivity index (χ4n) is 6.54. The number of aryl methyl sites for hydroxylation is 1. The molecule has 47 heavy (non-hydrogen) atoms. The molecule has 0 saturated heterocycles. The number of rotatable bonds is 8. The third-order valence-corrected chi connectivity index (χ3v) is 8.75. The van der Waals surface area contributed by atoms with Gasteiger partial charge in [0.15, 0.2) is 23.0 Å². The molecule has 2 unspecified atom stereocenters. The lowest BCUT2D eigenvalue weighted by atomic mass is 10.1. The van der Waals surface area contributed by atoms with Crippen LogP contribution in [0.1, 0.15) is 64.1 Å². The maximum atomic E-state index is 13.3. The van der Waals surface area contributed by atoms with Crippen LogP contribution >= 0.6 is 0 Å². The summed E-state index contributed by atoms with van der Waals surface area (Å²) in [7, 11) is 3.12. The van der Waals surface area contributed by atoms with Crippen molar-refractivity contribution in [3.8, 4) is 23.0 Å². The number of amides is 2. The van der Waals surface area contributed by atoms with E-state index in [1.807, 2.05) is 51.7 Å². The average Bonchev–Trinajstić information content (AvgIpc) is 3.57. The summed E-state index contributed by atoms with van der Waals surface area (Å²) in [6.45, 7) is 6.58. The summed E-state index contributed by atoms with van der Waals surface area (Å²) in [6, 6.07) is 12.9. The van der Waals surface area contributed by atoms with E-state index in [9.17, 15) is 9.59 Å². The van der Waals surface area contributed by atoms with Gasteiger partial charge in [-0.1, -0.05) is 28.8 Å². The summed E-state index contributed by atoms with van der Waals surface area (Å²) in [5, 5.41) is 0. The minimum absolute atomic E-state index is 0.0846. The Morgan fingerprint density at radius 2 is 1.09 bits per heavy atom. The molecule has 0 aliphatic carbocycles. The second kappa shape index (κ2) is 12.1. The zero-order valence-corrected chi connectivity index (χ0v) is 27.1. The first-order valence-electron chi connectivity index (χ1n) is 15.6. The van der Waals surface area contributed by atoms with Gasteiger partial charge in [0.25, 0.3) is 11.8 Å². The molecule has 0 fully saturated rings. The number of ether oxygens (including phenoxy) is 4. The van der Waals surface area contributed by atoms with Crippen LogP contribution in [0.2, 0.25) is 0 Å². The monoisotopic (exact) mass is 632 g/mol. The van der Waals surface area contributed by atoms with Crippen LogP contribution < -0.4 is 18.9 Å². The van der Waals surface area contributed by atoms with Crippen molar-refractivity contribution < 1.29 is 28.5 Å². The van der Waals surface area contributed by atoms with Gasteiger partial charge in [-0.2, -0.15) is 0 Å². The van der Waals surface area contributed by atoms with Gasteiger partial charge < -0.3 is 28.7 Å². The maximum Gasteiger partial charge on any atom is 0.260 e. The zero-order valence-electron chi connectivity index (χ0n) is 27.1. The van der Waals surface area contributed by atoms with Gasteiger partial charge in [0.1, 0.15) is 13.2 Å². The SMILES string of the molecule is COc1cc2c(cc1OCc1cc(C)cc(COc3cc4c(cc3OC)C(=O)N3C=C(C)CC3C=N4)c1)N=CC1CC(C)=CN1C2=O. The van der Waals surface area contributed by atoms with E-state index in [1.165, 1.54) is 0 Å². The molecule has 10 nitrogen and oxygen atoms in total. The van der Waals surface area contributed by atoms with Crippen LogP contribution in [-0.2, 0) is 13.2 Å². The fraction of sp³-hybridized carbons (Fsp3) is 0.297. The first-order valence-corrected chi connectivity index (χ1v) is 15.6. The Morgan fingerprint density at radius 1 is 0.638 bits per heavy atom. The minimum Gasteiger partial charge on any atom is -0.493 e. The summed E-state index contributed by atoms with van der Waals surface area (Å²) in [5.74, 6) is 1.71. The van der Waals surface area contributed by atoms with Crippen molar-refractivity contribution in [3.05, 3.63) is 93.8 Å². The molecule has 10 heteroatoms. The van der Waals surface area contributed by atoms with Gasteiger partial charge >= 0.3 is 0 Å². The number of hydrogen-bond acceptors (Lipinski definition) is 8. The molecule has 3 aromatic rings. The maximum absolute atomic E-state index is 13.3. The van der Waals surface area contributed by atoms with Gasteiger partial charge in [-0.05, 0) is 62.9 Å². The second-order valence-electron chi connectivity index (χ2n) is 12.4. The van der Waals surface area contributed by atoms with Gasteiger partial charge in [0, 0.05) is 37.0 Å². The summed E-state index contributed by atoms with van der Waals surface area (Å²) < 4.78 is 23.7. The predicted octanol–water partition coefficient (Wildman–Crippen LogP) is 6.84. The number of methoxy groups -OCH3 is 2. The van der Waals surface area contributed by atoms with Crippen molar-refractivity contribution in [2.24, 2.45) is 9.98 Å². The Balaban J connectivity index is 1.08. The van der Waals surface area contributed by atoms with E-state index in [-0.39, 0.29) is 37.1 Å². The molecule has 4 aliphatic heterocycles. The molecule has 2 atom stereocenters. The molecule has 4 aliphatic rings. The fourth-order valence-corrected chi connectivity index (χ4v) is 6.54. The second-order valence-corrected chi connectivity index (χ2v) is 12.4. The lowest BCUT2D eigenvalue weighted by Gasteiger charge is -2.19. The average molecular weight is 633 g/mol. The summed E-state index contributed by atoms with van der Waals surface area (Å²) in [4.78, 5) is 39.4. The number of nitrogens with zero attached hydrogens (tertiary/aromatic N) is 4. The van der Waals surface area contributed by atoms with Crippen molar-refractivity contribution in [3.63, 3.8) is 0 Å². The largest absolute Gasteiger partial charge is 0.493 e. The van der Waals surface area contributed by atoms with Crippen LogP contribution in [0.15, 0.2) is 76.0 Å². The molecule has 0 saturated carbocycles. The molecule has 3 aromatic carbocycles. The van der Waals surface area contributed by atoms with Gasteiger partial charge in [-0.25, -0.2) is 0 Å². The van der Waals surface area contributed by atoms with Crippen LogP contribution in [-0.4, -0.2) is 60.3 Å². The highest BCUT2D eigenvalue weighted by molar-refractivity contribution is 6.05. The van der Waals surface area contributed by atoms with E-state index >= 15 is 0 Å². The van der Waals surface area contributed by atoms with E-state index in [0.717, 1.165) is 40.7 Å². The molecular formula is C37H36N4O6. The van der Waals surface area contributed by atoms with E-state index < -0.39 is 0 Å². The molecule has 0 N–H and O–H groups in total. The van der Waals surface area contributed by atoms with Crippen LogP contribution in [0, 0.1) is 6.92 Å². The Morgan fingerprint density at radius 3 is 1.51 bits per heavy atom. The smallest absolute Gasteiger partial charge is 0.260 e. The summed E-state index contributed by atoms with van der Waals surface area (Å²) in [5.41, 5.74) is 7.27. The van der Waals surface area contributed by atoms with E-state index in [4.69, 9.17) is 18.9 Å². The lowest BCUT2D eigenvalue weighted by molar-refractivity contribution is 0.0809. The first kappa shape index (κ1) is 30.3. The van der Waals surface area contributed by atoms with Crippen molar-refractivity contribution in [1.82, 2.24) is 9.80 Å².